The molecule has 5 nitrogen and oxygen atoms in total. The lowest BCUT2D eigenvalue weighted by Crippen LogP contribution is -2.28. The van der Waals surface area contributed by atoms with Gasteiger partial charge in [-0.2, -0.15) is 0 Å². The van der Waals surface area contributed by atoms with E-state index in [1.54, 1.807) is 0 Å². The third-order valence-corrected chi connectivity index (χ3v) is 15.1. The molecule has 0 spiro atoms. The maximum absolute atomic E-state index is 12.3. The fraction of sp³-hybridized carbons (Fsp3) is 0.855. The molecule has 0 aromatic carbocycles. The van der Waals surface area contributed by atoms with Crippen molar-refractivity contribution in [3.05, 3.63) is 48.6 Å². The van der Waals surface area contributed by atoms with Crippen LogP contribution in [0.3, 0.4) is 0 Å². The van der Waals surface area contributed by atoms with Crippen LogP contribution in [0.1, 0.15) is 361 Å². The third-order valence-electron chi connectivity index (χ3n) is 15.1. The van der Waals surface area contributed by atoms with E-state index in [0.717, 1.165) is 51.4 Å². The minimum Gasteiger partial charge on any atom is -0.462 e. The van der Waals surface area contributed by atoms with Gasteiger partial charge in [0.25, 0.3) is 0 Å². The highest BCUT2D eigenvalue weighted by Crippen LogP contribution is 2.18. The van der Waals surface area contributed by atoms with Crippen LogP contribution in [0, 0.1) is 0 Å². The minimum atomic E-state index is -0.775. The molecular formula is C69H128O5. The zero-order valence-corrected chi connectivity index (χ0v) is 49.9. The molecule has 0 amide bonds. The number of carbonyl (C=O) groups excluding carboxylic acids is 2. The lowest BCUT2D eigenvalue weighted by Gasteiger charge is -2.15. The molecule has 1 atom stereocenters. The lowest BCUT2D eigenvalue weighted by molar-refractivity contribution is -0.161. The Bertz CT molecular complexity index is 1220. The molecule has 0 aliphatic heterocycles. The fourth-order valence-electron chi connectivity index (χ4n) is 10.1. The summed E-state index contributed by atoms with van der Waals surface area (Å²) in [5, 5.41) is 9.68. The standard InChI is InChI=1S/C69H128O5/c1-3-5-7-9-11-13-15-17-19-21-23-25-27-29-30-31-32-33-34-35-36-37-38-40-41-43-45-47-49-51-53-55-57-59-61-63-68(71)73-66-67(65-70)74-69(72)64-62-60-58-56-54-52-50-48-46-44-42-39-28-26-24-22-20-18-16-14-12-10-8-6-4-2/h16,18,21-24,28,39,67,70H,3-15,17,19-20,25-27,29-38,40-66H2,1-2H3/b18-16-,23-21-,24-22-,39-28-. The minimum absolute atomic E-state index is 0.0639. The Morgan fingerprint density at radius 1 is 0.311 bits per heavy atom. The van der Waals surface area contributed by atoms with Crippen LogP contribution in [0.25, 0.3) is 0 Å². The summed E-state index contributed by atoms with van der Waals surface area (Å²) in [6, 6.07) is 0. The van der Waals surface area contributed by atoms with Crippen molar-refractivity contribution in [1.82, 2.24) is 0 Å². The van der Waals surface area contributed by atoms with Crippen molar-refractivity contribution in [1.29, 1.82) is 0 Å². The summed E-state index contributed by atoms with van der Waals surface area (Å²) in [4.78, 5) is 24.6. The summed E-state index contributed by atoms with van der Waals surface area (Å²) in [6.07, 6.45) is 87.0. The van der Waals surface area contributed by atoms with Crippen LogP contribution in [0.4, 0.5) is 0 Å². The molecule has 434 valence electrons. The van der Waals surface area contributed by atoms with Gasteiger partial charge in [-0.3, -0.25) is 9.59 Å². The molecule has 0 aliphatic rings. The number of aliphatic hydroxyl groups is 1. The van der Waals surface area contributed by atoms with Crippen molar-refractivity contribution in [2.45, 2.75) is 367 Å². The molecule has 0 saturated carbocycles. The van der Waals surface area contributed by atoms with Gasteiger partial charge in [-0.25, -0.2) is 0 Å². The van der Waals surface area contributed by atoms with Crippen LogP contribution in [0.15, 0.2) is 48.6 Å². The first kappa shape index (κ1) is 71.9. The highest BCUT2D eigenvalue weighted by molar-refractivity contribution is 5.70. The normalized spacial score (nSPS) is 12.4. The highest BCUT2D eigenvalue weighted by Gasteiger charge is 2.16. The first-order chi connectivity index (χ1) is 36.6. The van der Waals surface area contributed by atoms with Gasteiger partial charge in [-0.15, -0.1) is 0 Å². The molecule has 0 aromatic heterocycles. The number of carbonyl (C=O) groups is 2. The largest absolute Gasteiger partial charge is 0.462 e. The summed E-state index contributed by atoms with van der Waals surface area (Å²) < 4.78 is 10.7. The van der Waals surface area contributed by atoms with Gasteiger partial charge in [-0.05, 0) is 77.0 Å². The van der Waals surface area contributed by atoms with Gasteiger partial charge in [0.1, 0.15) is 6.61 Å². The van der Waals surface area contributed by atoms with E-state index >= 15 is 0 Å². The van der Waals surface area contributed by atoms with Crippen molar-refractivity contribution >= 4 is 11.9 Å². The third kappa shape index (κ3) is 62.4. The first-order valence-electron chi connectivity index (χ1n) is 33.2. The average molecular weight is 1040 g/mol. The lowest BCUT2D eigenvalue weighted by atomic mass is 10.0. The monoisotopic (exact) mass is 1040 g/mol. The second-order valence-electron chi connectivity index (χ2n) is 22.5. The van der Waals surface area contributed by atoms with Crippen LogP contribution in [0.2, 0.25) is 0 Å². The zero-order chi connectivity index (χ0) is 53.4. The van der Waals surface area contributed by atoms with Crippen LogP contribution in [-0.2, 0) is 19.1 Å². The molecule has 0 radical (unpaired) electrons. The summed E-state index contributed by atoms with van der Waals surface area (Å²) in [5.41, 5.74) is 0. The molecule has 0 heterocycles. The van der Waals surface area contributed by atoms with E-state index in [1.807, 2.05) is 0 Å². The van der Waals surface area contributed by atoms with Gasteiger partial charge in [0, 0.05) is 12.8 Å². The van der Waals surface area contributed by atoms with E-state index in [4.69, 9.17) is 9.47 Å². The molecule has 0 aromatic rings. The maximum atomic E-state index is 12.3. The topological polar surface area (TPSA) is 72.8 Å². The SMILES string of the molecule is CCCCCCC/C=C\C/C=C\C/C=C\CCCCCCCCCCCCC(=O)OC(CO)COC(=O)CCCCCCCCCCCCCCCCCCCCCCCCC/C=C\CCCCCCCCCC. The number of hydrogen-bond acceptors (Lipinski definition) is 5. The van der Waals surface area contributed by atoms with Gasteiger partial charge in [0.2, 0.25) is 0 Å². The van der Waals surface area contributed by atoms with Gasteiger partial charge >= 0.3 is 11.9 Å². The zero-order valence-electron chi connectivity index (χ0n) is 49.9. The van der Waals surface area contributed by atoms with Crippen molar-refractivity contribution < 1.29 is 24.2 Å². The van der Waals surface area contributed by atoms with E-state index in [2.05, 4.69) is 62.5 Å². The Labute approximate surface area is 462 Å². The molecule has 5 heteroatoms. The molecule has 0 rings (SSSR count). The smallest absolute Gasteiger partial charge is 0.306 e. The van der Waals surface area contributed by atoms with E-state index in [-0.39, 0.29) is 25.2 Å². The number of rotatable bonds is 62. The number of unbranched alkanes of at least 4 members (excludes halogenated alkanes) is 46. The molecule has 1 N–H and O–H groups in total. The number of ether oxygens (including phenoxy) is 2. The molecule has 1 unspecified atom stereocenters. The number of aliphatic hydroxyl groups excluding tert-OH is 1. The predicted octanol–water partition coefficient (Wildman–Crippen LogP) is 22.8. The summed E-state index contributed by atoms with van der Waals surface area (Å²) in [7, 11) is 0. The van der Waals surface area contributed by atoms with E-state index in [1.165, 1.54) is 283 Å². The highest BCUT2D eigenvalue weighted by atomic mass is 16.6. The molecule has 0 aliphatic carbocycles. The van der Waals surface area contributed by atoms with Gasteiger partial charge in [-0.1, -0.05) is 319 Å². The Morgan fingerprint density at radius 2 is 0.541 bits per heavy atom. The van der Waals surface area contributed by atoms with Crippen LogP contribution in [0.5, 0.6) is 0 Å². The molecular weight excluding hydrogens is 909 g/mol. The number of esters is 2. The van der Waals surface area contributed by atoms with Crippen molar-refractivity contribution in [3.63, 3.8) is 0 Å². The van der Waals surface area contributed by atoms with Crippen LogP contribution >= 0.6 is 0 Å². The number of hydrogen-bond donors (Lipinski definition) is 1. The van der Waals surface area contributed by atoms with E-state index in [0.29, 0.717) is 12.8 Å². The van der Waals surface area contributed by atoms with Crippen molar-refractivity contribution in [2.75, 3.05) is 13.2 Å². The number of allylic oxidation sites excluding steroid dienone is 8. The summed E-state index contributed by atoms with van der Waals surface area (Å²) in [6.45, 7) is 4.17. The van der Waals surface area contributed by atoms with Crippen molar-refractivity contribution in [2.24, 2.45) is 0 Å². The second-order valence-corrected chi connectivity index (χ2v) is 22.5. The Balaban J connectivity index is 3.41. The predicted molar refractivity (Wildman–Crippen MR) is 325 cm³/mol. The van der Waals surface area contributed by atoms with E-state index < -0.39 is 6.10 Å². The quantitative estimate of drug-likeness (QED) is 0.0373. The van der Waals surface area contributed by atoms with E-state index in [9.17, 15) is 14.7 Å². The Morgan fingerprint density at radius 3 is 0.824 bits per heavy atom. The summed E-state index contributed by atoms with van der Waals surface area (Å²) >= 11 is 0. The first-order valence-corrected chi connectivity index (χ1v) is 33.2. The summed E-state index contributed by atoms with van der Waals surface area (Å²) in [5.74, 6) is -0.578. The fourth-order valence-corrected chi connectivity index (χ4v) is 10.1. The Kier molecular flexibility index (Phi) is 63.3. The molecule has 0 fully saturated rings. The van der Waals surface area contributed by atoms with Crippen LogP contribution in [-0.4, -0.2) is 36.4 Å². The molecule has 74 heavy (non-hydrogen) atoms. The van der Waals surface area contributed by atoms with Crippen LogP contribution < -0.4 is 0 Å². The van der Waals surface area contributed by atoms with Gasteiger partial charge in [0.05, 0.1) is 6.61 Å². The van der Waals surface area contributed by atoms with Crippen molar-refractivity contribution in [3.8, 4) is 0 Å². The average Bonchev–Trinajstić information content (AvgIpc) is 3.40. The van der Waals surface area contributed by atoms with Gasteiger partial charge < -0.3 is 14.6 Å². The molecule has 0 saturated heterocycles. The second kappa shape index (κ2) is 65.1. The maximum Gasteiger partial charge on any atom is 0.306 e. The molecule has 0 bridgehead atoms. The van der Waals surface area contributed by atoms with Gasteiger partial charge in [0.15, 0.2) is 6.10 Å². The Hall–Kier alpha value is -2.14.